The van der Waals surface area contributed by atoms with Gasteiger partial charge in [0.05, 0.1) is 0 Å². The van der Waals surface area contributed by atoms with Crippen molar-refractivity contribution in [1.82, 2.24) is 0 Å². The lowest BCUT2D eigenvalue weighted by molar-refractivity contribution is -0.122. The maximum atomic E-state index is 12.3. The monoisotopic (exact) mass is 233 g/mol. The summed E-state index contributed by atoms with van der Waals surface area (Å²) in [5.74, 6) is 0.979. The molecule has 3 heteroatoms. The molecule has 2 rings (SSSR count). The second-order valence-electron chi connectivity index (χ2n) is 4.93. The lowest BCUT2D eigenvalue weighted by Gasteiger charge is -2.23. The highest BCUT2D eigenvalue weighted by atomic mass is 16.3. The first-order valence-corrected chi connectivity index (χ1v) is 6.16. The third-order valence-corrected chi connectivity index (χ3v) is 3.73. The topological polar surface area (TPSA) is 40.5 Å². The van der Waals surface area contributed by atoms with Gasteiger partial charge in [-0.05, 0) is 30.9 Å². The number of carbonyl (C=O) groups is 1. The van der Waals surface area contributed by atoms with Crippen LogP contribution in [0.15, 0.2) is 24.3 Å². The molecule has 0 heterocycles. The third-order valence-electron chi connectivity index (χ3n) is 3.73. The van der Waals surface area contributed by atoms with Crippen LogP contribution < -0.4 is 4.90 Å². The molecule has 1 amide bonds. The zero-order chi connectivity index (χ0) is 12.4. The van der Waals surface area contributed by atoms with E-state index in [-0.39, 0.29) is 17.6 Å². The van der Waals surface area contributed by atoms with Crippen LogP contribution in [0, 0.1) is 11.8 Å². The molecule has 2 unspecified atom stereocenters. The van der Waals surface area contributed by atoms with Crippen LogP contribution in [0.4, 0.5) is 5.69 Å². The molecule has 3 nitrogen and oxygen atoms in total. The van der Waals surface area contributed by atoms with E-state index in [1.807, 2.05) is 6.07 Å². The molecule has 92 valence electrons. The van der Waals surface area contributed by atoms with E-state index in [2.05, 4.69) is 6.92 Å². The minimum Gasteiger partial charge on any atom is -0.508 e. The maximum Gasteiger partial charge on any atom is 0.230 e. The van der Waals surface area contributed by atoms with Gasteiger partial charge in [-0.15, -0.1) is 0 Å². The number of phenols is 1. The third kappa shape index (κ3) is 2.43. The molecule has 0 aromatic heterocycles. The molecule has 1 aliphatic carbocycles. The van der Waals surface area contributed by atoms with Crippen molar-refractivity contribution in [2.45, 2.75) is 26.2 Å². The second kappa shape index (κ2) is 4.78. The molecule has 0 saturated heterocycles. The molecule has 2 atom stereocenters. The van der Waals surface area contributed by atoms with Crippen LogP contribution in [-0.4, -0.2) is 18.1 Å². The van der Waals surface area contributed by atoms with Gasteiger partial charge in [-0.1, -0.05) is 19.4 Å². The van der Waals surface area contributed by atoms with Crippen LogP contribution in [0.25, 0.3) is 0 Å². The standard InChI is InChI=1S/C14H19NO2/c1-10-5-3-8-13(10)14(17)15(2)11-6-4-7-12(16)9-11/h4,6-7,9-10,13,16H,3,5,8H2,1-2H3. The quantitative estimate of drug-likeness (QED) is 0.853. The predicted octanol–water partition coefficient (Wildman–Crippen LogP) is 2.79. The van der Waals surface area contributed by atoms with Gasteiger partial charge in [-0.3, -0.25) is 4.79 Å². The van der Waals surface area contributed by atoms with Gasteiger partial charge in [0, 0.05) is 24.7 Å². The van der Waals surface area contributed by atoms with Gasteiger partial charge in [0.1, 0.15) is 5.75 Å². The van der Waals surface area contributed by atoms with Gasteiger partial charge < -0.3 is 10.0 Å². The molecule has 1 aromatic carbocycles. The number of hydrogen-bond acceptors (Lipinski definition) is 2. The highest BCUT2D eigenvalue weighted by Gasteiger charge is 2.32. The predicted molar refractivity (Wildman–Crippen MR) is 68.0 cm³/mol. The average molecular weight is 233 g/mol. The van der Waals surface area contributed by atoms with Crippen LogP contribution >= 0.6 is 0 Å². The smallest absolute Gasteiger partial charge is 0.230 e. The number of benzene rings is 1. The number of hydrogen-bond donors (Lipinski definition) is 1. The van der Waals surface area contributed by atoms with Gasteiger partial charge >= 0.3 is 0 Å². The minimum absolute atomic E-state index is 0.141. The van der Waals surface area contributed by atoms with E-state index in [0.717, 1.165) is 24.9 Å². The molecule has 1 fully saturated rings. The first-order chi connectivity index (χ1) is 8.09. The van der Waals surface area contributed by atoms with E-state index < -0.39 is 0 Å². The Bertz CT molecular complexity index is 416. The molecule has 1 saturated carbocycles. The van der Waals surface area contributed by atoms with E-state index >= 15 is 0 Å². The van der Waals surface area contributed by atoms with Crippen LogP contribution in [0.2, 0.25) is 0 Å². The van der Waals surface area contributed by atoms with Crippen molar-refractivity contribution in [3.63, 3.8) is 0 Å². The van der Waals surface area contributed by atoms with E-state index in [1.165, 1.54) is 0 Å². The summed E-state index contributed by atoms with van der Waals surface area (Å²) in [5, 5.41) is 9.42. The Morgan fingerprint density at radius 1 is 1.41 bits per heavy atom. The normalized spacial score (nSPS) is 23.6. The number of rotatable bonds is 2. The van der Waals surface area contributed by atoms with Crippen LogP contribution in [0.1, 0.15) is 26.2 Å². The van der Waals surface area contributed by atoms with E-state index in [4.69, 9.17) is 0 Å². The van der Waals surface area contributed by atoms with Crippen molar-refractivity contribution in [3.05, 3.63) is 24.3 Å². The zero-order valence-electron chi connectivity index (χ0n) is 10.4. The van der Waals surface area contributed by atoms with Crippen molar-refractivity contribution in [2.75, 3.05) is 11.9 Å². The lowest BCUT2D eigenvalue weighted by atomic mass is 9.96. The molecular weight excluding hydrogens is 214 g/mol. The van der Waals surface area contributed by atoms with Crippen molar-refractivity contribution < 1.29 is 9.90 Å². The fraction of sp³-hybridized carbons (Fsp3) is 0.500. The summed E-state index contributed by atoms with van der Waals surface area (Å²) in [6.07, 6.45) is 3.28. The van der Waals surface area contributed by atoms with E-state index in [9.17, 15) is 9.90 Å². The van der Waals surface area contributed by atoms with Gasteiger partial charge in [0.2, 0.25) is 5.91 Å². The largest absolute Gasteiger partial charge is 0.508 e. The summed E-state index contributed by atoms with van der Waals surface area (Å²) in [5.41, 5.74) is 0.758. The summed E-state index contributed by atoms with van der Waals surface area (Å²) in [6, 6.07) is 6.83. The maximum absolute atomic E-state index is 12.3. The van der Waals surface area contributed by atoms with Crippen molar-refractivity contribution >= 4 is 11.6 Å². The zero-order valence-corrected chi connectivity index (χ0v) is 10.4. The van der Waals surface area contributed by atoms with Crippen molar-refractivity contribution in [1.29, 1.82) is 0 Å². The second-order valence-corrected chi connectivity index (χ2v) is 4.93. The lowest BCUT2D eigenvalue weighted by Crippen LogP contribution is -2.33. The SMILES string of the molecule is CC1CCCC1C(=O)N(C)c1cccc(O)c1. The first-order valence-electron chi connectivity index (χ1n) is 6.16. The van der Waals surface area contributed by atoms with Crippen LogP contribution in [0.3, 0.4) is 0 Å². The van der Waals surface area contributed by atoms with Crippen LogP contribution in [0.5, 0.6) is 5.75 Å². The number of anilines is 1. The van der Waals surface area contributed by atoms with Gasteiger partial charge in [0.15, 0.2) is 0 Å². The Kier molecular flexibility index (Phi) is 3.36. The fourth-order valence-corrected chi connectivity index (χ4v) is 2.59. The highest BCUT2D eigenvalue weighted by Crippen LogP contribution is 2.33. The number of amides is 1. The van der Waals surface area contributed by atoms with Gasteiger partial charge in [-0.25, -0.2) is 0 Å². The molecule has 0 aliphatic heterocycles. The first kappa shape index (κ1) is 12.0. The summed E-state index contributed by atoms with van der Waals surface area (Å²) < 4.78 is 0. The summed E-state index contributed by atoms with van der Waals surface area (Å²) in [6.45, 7) is 2.14. The Morgan fingerprint density at radius 3 is 2.76 bits per heavy atom. The molecule has 0 radical (unpaired) electrons. The molecule has 1 N–H and O–H groups in total. The molecule has 1 aliphatic rings. The molecule has 1 aromatic rings. The van der Waals surface area contributed by atoms with Crippen molar-refractivity contribution in [2.24, 2.45) is 11.8 Å². The Morgan fingerprint density at radius 2 is 2.18 bits per heavy atom. The highest BCUT2D eigenvalue weighted by molar-refractivity contribution is 5.95. The van der Waals surface area contributed by atoms with Crippen molar-refractivity contribution in [3.8, 4) is 5.75 Å². The minimum atomic E-state index is 0.141. The molecular formula is C14H19NO2. The summed E-state index contributed by atoms with van der Waals surface area (Å²) in [4.78, 5) is 14.0. The van der Waals surface area contributed by atoms with Gasteiger partial charge in [0.25, 0.3) is 0 Å². The fourth-order valence-electron chi connectivity index (χ4n) is 2.59. The summed E-state index contributed by atoms with van der Waals surface area (Å²) >= 11 is 0. The van der Waals surface area contributed by atoms with E-state index in [1.54, 1.807) is 30.1 Å². The average Bonchev–Trinajstić information content (AvgIpc) is 2.73. The Hall–Kier alpha value is -1.51. The number of nitrogens with zero attached hydrogens (tertiary/aromatic N) is 1. The molecule has 0 spiro atoms. The van der Waals surface area contributed by atoms with Gasteiger partial charge in [-0.2, -0.15) is 0 Å². The molecule has 0 bridgehead atoms. The number of phenolic OH excluding ortho intramolecular Hbond substituents is 1. The Labute approximate surface area is 102 Å². The van der Waals surface area contributed by atoms with Crippen LogP contribution in [-0.2, 0) is 4.79 Å². The number of aromatic hydroxyl groups is 1. The summed E-state index contributed by atoms with van der Waals surface area (Å²) in [7, 11) is 1.78. The number of carbonyl (C=O) groups excluding carboxylic acids is 1. The van der Waals surface area contributed by atoms with E-state index in [0.29, 0.717) is 5.92 Å². The molecule has 17 heavy (non-hydrogen) atoms. The Balaban J connectivity index is 2.14.